The summed E-state index contributed by atoms with van der Waals surface area (Å²) in [5, 5.41) is 3.38. The number of rotatable bonds is 0. The van der Waals surface area contributed by atoms with Crippen molar-refractivity contribution < 1.29 is 4.79 Å². The van der Waals surface area contributed by atoms with Crippen molar-refractivity contribution in [1.29, 1.82) is 0 Å². The third kappa shape index (κ3) is 2.24. The van der Waals surface area contributed by atoms with Crippen LogP contribution in [-0.2, 0) is 6.42 Å². The van der Waals surface area contributed by atoms with E-state index in [1.54, 1.807) is 0 Å². The number of ketones is 1. The highest BCUT2D eigenvalue weighted by Crippen LogP contribution is 2.41. The van der Waals surface area contributed by atoms with Crippen LogP contribution in [0.5, 0.6) is 0 Å². The molecule has 92 valence electrons. The fourth-order valence-electron chi connectivity index (χ4n) is 3.16. The largest absolute Gasteiger partial charge is 0.317 e. The Bertz CT molecular complexity index is 424. The summed E-state index contributed by atoms with van der Waals surface area (Å²) in [4.78, 5) is 12.1. The molecule has 0 amide bonds. The van der Waals surface area contributed by atoms with Gasteiger partial charge in [-0.1, -0.05) is 24.3 Å². The van der Waals surface area contributed by atoms with E-state index in [2.05, 4.69) is 11.4 Å². The zero-order chi connectivity index (χ0) is 11.0. The van der Waals surface area contributed by atoms with Crippen LogP contribution in [0.25, 0.3) is 0 Å². The van der Waals surface area contributed by atoms with Gasteiger partial charge >= 0.3 is 0 Å². The molecule has 1 aromatic carbocycles. The molecule has 0 saturated carbocycles. The number of nitrogens with one attached hydrogen (secondary N) is 1. The second-order valence-electron chi connectivity index (χ2n) is 5.18. The predicted octanol–water partition coefficient (Wildman–Crippen LogP) is 2.61. The van der Waals surface area contributed by atoms with E-state index < -0.39 is 0 Å². The predicted molar refractivity (Wildman–Crippen MR) is 70.9 cm³/mol. The molecule has 0 unspecified atom stereocenters. The summed E-state index contributed by atoms with van der Waals surface area (Å²) in [6.45, 7) is 2.13. The molecule has 1 N–H and O–H groups in total. The SMILES string of the molecule is Cl.O=C1CC2(CCNCC2)Cc2ccccc21. The Morgan fingerprint density at radius 3 is 2.53 bits per heavy atom. The molecule has 1 fully saturated rings. The molecule has 17 heavy (non-hydrogen) atoms. The van der Waals surface area contributed by atoms with Gasteiger partial charge in [0.15, 0.2) is 5.78 Å². The van der Waals surface area contributed by atoms with Crippen molar-refractivity contribution in [1.82, 2.24) is 5.32 Å². The molecule has 1 saturated heterocycles. The van der Waals surface area contributed by atoms with Crippen molar-refractivity contribution >= 4 is 18.2 Å². The maximum atomic E-state index is 12.1. The Morgan fingerprint density at radius 2 is 1.76 bits per heavy atom. The van der Waals surface area contributed by atoms with Crippen LogP contribution in [0, 0.1) is 5.41 Å². The maximum Gasteiger partial charge on any atom is 0.163 e. The normalized spacial score (nSPS) is 21.8. The topological polar surface area (TPSA) is 29.1 Å². The molecule has 0 aromatic heterocycles. The number of hydrogen-bond donors (Lipinski definition) is 1. The first kappa shape index (κ1) is 12.6. The standard InChI is InChI=1S/C14H17NO.ClH/c16-13-10-14(5-7-15-8-6-14)9-11-3-1-2-4-12(11)13;/h1-4,15H,5-10H2;1H. The fraction of sp³-hybridized carbons (Fsp3) is 0.500. The molecule has 1 spiro atoms. The monoisotopic (exact) mass is 251 g/mol. The van der Waals surface area contributed by atoms with Crippen molar-refractivity contribution in [2.45, 2.75) is 25.7 Å². The molecule has 1 aliphatic carbocycles. The minimum absolute atomic E-state index is 0. The number of carbonyl (C=O) groups is 1. The van der Waals surface area contributed by atoms with E-state index in [9.17, 15) is 4.79 Å². The Kier molecular flexibility index (Phi) is 3.55. The molecule has 2 aliphatic rings. The first-order valence-corrected chi connectivity index (χ1v) is 6.11. The van der Waals surface area contributed by atoms with Crippen LogP contribution < -0.4 is 5.32 Å². The van der Waals surface area contributed by atoms with Gasteiger partial charge in [-0.3, -0.25) is 4.79 Å². The van der Waals surface area contributed by atoms with Crippen LogP contribution in [0.2, 0.25) is 0 Å². The Morgan fingerprint density at radius 1 is 1.06 bits per heavy atom. The lowest BCUT2D eigenvalue weighted by Crippen LogP contribution is -2.42. The van der Waals surface area contributed by atoms with Gasteiger partial charge in [0.2, 0.25) is 0 Å². The van der Waals surface area contributed by atoms with Crippen LogP contribution >= 0.6 is 12.4 Å². The van der Waals surface area contributed by atoms with Gasteiger partial charge in [0.05, 0.1) is 0 Å². The van der Waals surface area contributed by atoms with Crippen molar-refractivity contribution in [3.63, 3.8) is 0 Å². The van der Waals surface area contributed by atoms with Crippen LogP contribution in [0.4, 0.5) is 0 Å². The molecular weight excluding hydrogens is 234 g/mol. The number of halogens is 1. The van der Waals surface area contributed by atoms with Gasteiger partial charge in [-0.05, 0) is 43.3 Å². The third-order valence-corrected chi connectivity index (χ3v) is 4.08. The average Bonchev–Trinajstić information content (AvgIpc) is 2.30. The van der Waals surface area contributed by atoms with E-state index >= 15 is 0 Å². The van der Waals surface area contributed by atoms with Gasteiger partial charge in [0.25, 0.3) is 0 Å². The van der Waals surface area contributed by atoms with Gasteiger partial charge in [0, 0.05) is 12.0 Å². The number of hydrogen-bond acceptors (Lipinski definition) is 2. The van der Waals surface area contributed by atoms with E-state index in [0.717, 1.165) is 44.3 Å². The van der Waals surface area contributed by atoms with Crippen LogP contribution in [0.3, 0.4) is 0 Å². The zero-order valence-electron chi connectivity index (χ0n) is 9.87. The minimum atomic E-state index is 0. The van der Waals surface area contributed by atoms with E-state index in [4.69, 9.17) is 0 Å². The fourth-order valence-corrected chi connectivity index (χ4v) is 3.16. The van der Waals surface area contributed by atoms with Gasteiger partial charge in [-0.25, -0.2) is 0 Å². The molecule has 1 heterocycles. The lowest BCUT2D eigenvalue weighted by Gasteiger charge is -2.40. The summed E-state index contributed by atoms with van der Waals surface area (Å²) >= 11 is 0. The summed E-state index contributed by atoms with van der Waals surface area (Å²) in [5.41, 5.74) is 2.49. The Balaban J connectivity index is 0.00000108. The molecule has 3 rings (SSSR count). The Hall–Kier alpha value is -0.860. The molecule has 3 heteroatoms. The number of benzene rings is 1. The zero-order valence-corrected chi connectivity index (χ0v) is 10.7. The average molecular weight is 252 g/mol. The number of fused-ring (bicyclic) bond motifs is 1. The molecule has 0 radical (unpaired) electrons. The lowest BCUT2D eigenvalue weighted by molar-refractivity contribution is 0.0836. The second-order valence-corrected chi connectivity index (χ2v) is 5.18. The highest BCUT2D eigenvalue weighted by Gasteiger charge is 2.38. The van der Waals surface area contributed by atoms with Gasteiger partial charge in [-0.15, -0.1) is 12.4 Å². The van der Waals surface area contributed by atoms with Crippen LogP contribution in [-0.4, -0.2) is 18.9 Å². The smallest absolute Gasteiger partial charge is 0.163 e. The van der Waals surface area contributed by atoms with Crippen LogP contribution in [0.1, 0.15) is 35.2 Å². The number of piperidine rings is 1. The second kappa shape index (κ2) is 4.79. The van der Waals surface area contributed by atoms with Crippen molar-refractivity contribution in [2.24, 2.45) is 5.41 Å². The summed E-state index contributed by atoms with van der Waals surface area (Å²) in [6, 6.07) is 8.12. The third-order valence-electron chi connectivity index (χ3n) is 4.08. The minimum Gasteiger partial charge on any atom is -0.317 e. The first-order valence-electron chi connectivity index (χ1n) is 6.11. The quantitative estimate of drug-likeness (QED) is 0.768. The molecule has 0 atom stereocenters. The van der Waals surface area contributed by atoms with Crippen LogP contribution in [0.15, 0.2) is 24.3 Å². The van der Waals surface area contributed by atoms with Gasteiger partial charge in [-0.2, -0.15) is 0 Å². The van der Waals surface area contributed by atoms with Crippen molar-refractivity contribution in [2.75, 3.05) is 13.1 Å². The molecule has 2 nitrogen and oxygen atoms in total. The summed E-state index contributed by atoms with van der Waals surface area (Å²) in [5.74, 6) is 0.351. The summed E-state index contributed by atoms with van der Waals surface area (Å²) in [6.07, 6.45) is 4.14. The molecule has 0 bridgehead atoms. The Labute approximate surface area is 108 Å². The lowest BCUT2D eigenvalue weighted by atomic mass is 9.66. The highest BCUT2D eigenvalue weighted by molar-refractivity contribution is 5.99. The van der Waals surface area contributed by atoms with Gasteiger partial charge in [0.1, 0.15) is 0 Å². The summed E-state index contributed by atoms with van der Waals surface area (Å²) in [7, 11) is 0. The van der Waals surface area contributed by atoms with Gasteiger partial charge < -0.3 is 5.32 Å². The van der Waals surface area contributed by atoms with E-state index in [1.807, 2.05) is 18.2 Å². The molecule has 1 aliphatic heterocycles. The van der Waals surface area contributed by atoms with E-state index in [0.29, 0.717) is 5.78 Å². The van der Waals surface area contributed by atoms with Crippen molar-refractivity contribution in [3.8, 4) is 0 Å². The molecule has 1 aromatic rings. The first-order chi connectivity index (χ1) is 7.79. The number of Topliss-reactive ketones (excluding diaryl/α,β-unsaturated/α-hetero) is 1. The van der Waals surface area contributed by atoms with E-state index in [1.165, 1.54) is 5.56 Å². The van der Waals surface area contributed by atoms with Crippen molar-refractivity contribution in [3.05, 3.63) is 35.4 Å². The molecular formula is C14H18ClNO. The highest BCUT2D eigenvalue weighted by atomic mass is 35.5. The summed E-state index contributed by atoms with van der Waals surface area (Å²) < 4.78 is 0. The maximum absolute atomic E-state index is 12.1. The van der Waals surface area contributed by atoms with E-state index in [-0.39, 0.29) is 17.8 Å². The number of carbonyl (C=O) groups excluding carboxylic acids is 1.